The molecule has 0 aromatic heterocycles. The Morgan fingerprint density at radius 2 is 2.25 bits per heavy atom. The van der Waals surface area contributed by atoms with Gasteiger partial charge in [-0.25, -0.2) is 0 Å². The van der Waals surface area contributed by atoms with Gasteiger partial charge in [-0.2, -0.15) is 0 Å². The first kappa shape index (κ1) is 9.52. The van der Waals surface area contributed by atoms with Crippen LogP contribution < -0.4 is 5.32 Å². The maximum Gasteiger partial charge on any atom is 0.303 e. The Bertz CT molecular complexity index is 139. The van der Waals surface area contributed by atoms with E-state index in [0.29, 0.717) is 12.5 Å². The van der Waals surface area contributed by atoms with Crippen LogP contribution in [-0.4, -0.2) is 23.7 Å². The predicted octanol–water partition coefficient (Wildman–Crippen LogP) is 1.38. The van der Waals surface area contributed by atoms with Gasteiger partial charge in [-0.05, 0) is 25.8 Å². The predicted molar refractivity (Wildman–Crippen MR) is 47.1 cm³/mol. The molecule has 1 heterocycles. The third-order valence-corrected chi connectivity index (χ3v) is 2.37. The van der Waals surface area contributed by atoms with Crippen molar-refractivity contribution in [3.05, 3.63) is 0 Å². The maximum atomic E-state index is 10.3. The van der Waals surface area contributed by atoms with Crippen molar-refractivity contribution in [3.8, 4) is 0 Å². The average molecular weight is 171 g/mol. The Morgan fingerprint density at radius 3 is 3.00 bits per heavy atom. The Balaban J connectivity index is 2.16. The molecule has 12 heavy (non-hydrogen) atoms. The summed E-state index contributed by atoms with van der Waals surface area (Å²) in [6.45, 7) is 1.06. The zero-order valence-corrected chi connectivity index (χ0v) is 7.38. The standard InChI is InChI=1S/C9H17NO2/c11-9(12)6-5-8-4-2-1-3-7-10-8/h8,10H,1-7H2,(H,11,12). The van der Waals surface area contributed by atoms with Crippen LogP contribution in [0, 0.1) is 0 Å². The van der Waals surface area contributed by atoms with E-state index in [-0.39, 0.29) is 0 Å². The first-order valence-electron chi connectivity index (χ1n) is 4.74. The molecule has 2 N–H and O–H groups in total. The summed E-state index contributed by atoms with van der Waals surface area (Å²) in [6, 6.07) is 0.448. The highest BCUT2D eigenvalue weighted by molar-refractivity contribution is 5.66. The molecule has 1 rings (SSSR count). The van der Waals surface area contributed by atoms with Gasteiger partial charge in [0.25, 0.3) is 0 Å². The van der Waals surface area contributed by atoms with Crippen LogP contribution in [0.15, 0.2) is 0 Å². The summed E-state index contributed by atoms with van der Waals surface area (Å²) in [5, 5.41) is 11.9. The smallest absolute Gasteiger partial charge is 0.303 e. The van der Waals surface area contributed by atoms with Gasteiger partial charge in [0.05, 0.1) is 0 Å². The van der Waals surface area contributed by atoms with Crippen molar-refractivity contribution in [1.29, 1.82) is 0 Å². The van der Waals surface area contributed by atoms with Crippen molar-refractivity contribution < 1.29 is 9.90 Å². The average Bonchev–Trinajstić information content (AvgIpc) is 2.28. The summed E-state index contributed by atoms with van der Waals surface area (Å²) < 4.78 is 0. The molecule has 0 aromatic carbocycles. The van der Waals surface area contributed by atoms with Crippen molar-refractivity contribution in [2.24, 2.45) is 0 Å². The van der Waals surface area contributed by atoms with Crippen LogP contribution in [0.4, 0.5) is 0 Å². The lowest BCUT2D eigenvalue weighted by Crippen LogP contribution is -2.28. The normalized spacial score (nSPS) is 24.8. The van der Waals surface area contributed by atoms with E-state index in [2.05, 4.69) is 5.32 Å². The number of nitrogens with one attached hydrogen (secondary N) is 1. The van der Waals surface area contributed by atoms with Crippen LogP contribution in [0.3, 0.4) is 0 Å². The van der Waals surface area contributed by atoms with Crippen molar-refractivity contribution in [1.82, 2.24) is 5.32 Å². The fourth-order valence-electron chi connectivity index (χ4n) is 1.64. The second kappa shape index (κ2) is 5.14. The minimum atomic E-state index is -0.680. The van der Waals surface area contributed by atoms with Gasteiger partial charge in [-0.1, -0.05) is 12.8 Å². The van der Waals surface area contributed by atoms with Crippen LogP contribution >= 0.6 is 0 Å². The minimum absolute atomic E-state index is 0.303. The Kier molecular flexibility index (Phi) is 4.08. The molecule has 1 fully saturated rings. The van der Waals surface area contributed by atoms with E-state index in [1.807, 2.05) is 0 Å². The summed E-state index contributed by atoms with van der Waals surface area (Å²) in [6.07, 6.45) is 6.01. The molecule has 0 radical (unpaired) electrons. The Labute approximate surface area is 73.2 Å². The first-order valence-corrected chi connectivity index (χ1v) is 4.74. The van der Waals surface area contributed by atoms with Gasteiger partial charge < -0.3 is 10.4 Å². The van der Waals surface area contributed by atoms with Gasteiger partial charge in [0.15, 0.2) is 0 Å². The zero-order chi connectivity index (χ0) is 8.81. The van der Waals surface area contributed by atoms with E-state index in [1.165, 1.54) is 19.3 Å². The van der Waals surface area contributed by atoms with E-state index in [1.54, 1.807) is 0 Å². The van der Waals surface area contributed by atoms with E-state index < -0.39 is 5.97 Å². The Hall–Kier alpha value is -0.570. The molecule has 0 saturated carbocycles. The summed E-state index contributed by atoms with van der Waals surface area (Å²) in [4.78, 5) is 10.3. The molecule has 3 nitrogen and oxygen atoms in total. The van der Waals surface area contributed by atoms with Crippen LogP contribution in [0.25, 0.3) is 0 Å². The lowest BCUT2D eigenvalue weighted by molar-refractivity contribution is -0.137. The lowest BCUT2D eigenvalue weighted by Gasteiger charge is -2.13. The van der Waals surface area contributed by atoms with E-state index in [0.717, 1.165) is 19.4 Å². The van der Waals surface area contributed by atoms with Crippen molar-refractivity contribution >= 4 is 5.97 Å². The maximum absolute atomic E-state index is 10.3. The zero-order valence-electron chi connectivity index (χ0n) is 7.38. The van der Waals surface area contributed by atoms with Crippen LogP contribution in [0.1, 0.15) is 38.5 Å². The van der Waals surface area contributed by atoms with Gasteiger partial charge in [0.2, 0.25) is 0 Å². The highest BCUT2D eigenvalue weighted by Gasteiger charge is 2.12. The fourth-order valence-corrected chi connectivity index (χ4v) is 1.64. The second-order valence-corrected chi connectivity index (χ2v) is 3.43. The molecule has 1 aliphatic rings. The van der Waals surface area contributed by atoms with Crippen molar-refractivity contribution in [3.63, 3.8) is 0 Å². The number of rotatable bonds is 3. The molecule has 1 saturated heterocycles. The van der Waals surface area contributed by atoms with Gasteiger partial charge in [0, 0.05) is 12.5 Å². The highest BCUT2D eigenvalue weighted by atomic mass is 16.4. The van der Waals surface area contributed by atoms with Crippen LogP contribution in [0.5, 0.6) is 0 Å². The molecule has 0 bridgehead atoms. The molecule has 70 valence electrons. The number of carbonyl (C=O) groups is 1. The van der Waals surface area contributed by atoms with Crippen molar-refractivity contribution in [2.75, 3.05) is 6.54 Å². The summed E-state index contributed by atoms with van der Waals surface area (Å²) in [5.41, 5.74) is 0. The fraction of sp³-hybridized carbons (Fsp3) is 0.889. The monoisotopic (exact) mass is 171 g/mol. The minimum Gasteiger partial charge on any atom is -0.481 e. The molecule has 0 amide bonds. The van der Waals surface area contributed by atoms with Crippen LogP contribution in [-0.2, 0) is 4.79 Å². The molecule has 1 unspecified atom stereocenters. The molecule has 0 spiro atoms. The molecule has 1 aliphatic heterocycles. The molecular weight excluding hydrogens is 154 g/mol. The largest absolute Gasteiger partial charge is 0.481 e. The van der Waals surface area contributed by atoms with Gasteiger partial charge in [0.1, 0.15) is 0 Å². The number of hydrogen-bond donors (Lipinski definition) is 2. The summed E-state index contributed by atoms with van der Waals surface area (Å²) in [5.74, 6) is -0.680. The third kappa shape index (κ3) is 3.72. The topological polar surface area (TPSA) is 49.3 Å². The molecule has 3 heteroatoms. The number of carboxylic acids is 1. The van der Waals surface area contributed by atoms with E-state index in [9.17, 15) is 4.79 Å². The Morgan fingerprint density at radius 1 is 1.42 bits per heavy atom. The summed E-state index contributed by atoms with van der Waals surface area (Å²) in [7, 11) is 0. The molecule has 0 aliphatic carbocycles. The first-order chi connectivity index (χ1) is 5.79. The van der Waals surface area contributed by atoms with E-state index >= 15 is 0 Å². The number of carboxylic acid groups (broad SMARTS) is 1. The quantitative estimate of drug-likeness (QED) is 0.674. The lowest BCUT2D eigenvalue weighted by atomic mass is 10.1. The number of aliphatic carboxylic acids is 1. The number of hydrogen-bond acceptors (Lipinski definition) is 2. The molecular formula is C9H17NO2. The summed E-state index contributed by atoms with van der Waals surface area (Å²) >= 11 is 0. The van der Waals surface area contributed by atoms with Gasteiger partial charge >= 0.3 is 5.97 Å². The van der Waals surface area contributed by atoms with Crippen LogP contribution in [0.2, 0.25) is 0 Å². The molecule has 1 atom stereocenters. The second-order valence-electron chi connectivity index (χ2n) is 3.43. The third-order valence-electron chi connectivity index (χ3n) is 2.37. The SMILES string of the molecule is O=C(O)CCC1CCCCCN1. The highest BCUT2D eigenvalue weighted by Crippen LogP contribution is 2.12. The van der Waals surface area contributed by atoms with E-state index in [4.69, 9.17) is 5.11 Å². The molecule has 0 aromatic rings. The van der Waals surface area contributed by atoms with Crippen molar-refractivity contribution in [2.45, 2.75) is 44.6 Å². The van der Waals surface area contributed by atoms with Gasteiger partial charge in [-0.15, -0.1) is 0 Å². The van der Waals surface area contributed by atoms with Gasteiger partial charge in [-0.3, -0.25) is 4.79 Å².